The van der Waals surface area contributed by atoms with Crippen molar-refractivity contribution in [3.63, 3.8) is 0 Å². The summed E-state index contributed by atoms with van der Waals surface area (Å²) in [4.78, 5) is 21.7. The number of nitro benzene ring substituents is 1. The van der Waals surface area contributed by atoms with Crippen LogP contribution in [0.2, 0.25) is 0 Å². The van der Waals surface area contributed by atoms with Crippen LogP contribution in [0.3, 0.4) is 0 Å². The lowest BCUT2D eigenvalue weighted by atomic mass is 9.93. The lowest BCUT2D eigenvalue weighted by Crippen LogP contribution is -2.24. The third-order valence-electron chi connectivity index (χ3n) is 2.86. The number of rotatable bonds is 6. The fourth-order valence-corrected chi connectivity index (χ4v) is 1.79. The Morgan fingerprint density at radius 3 is 2.37 bits per heavy atom. The van der Waals surface area contributed by atoms with Crippen molar-refractivity contribution in [1.82, 2.24) is 0 Å². The predicted molar refractivity (Wildman–Crippen MR) is 68.5 cm³/mol. The van der Waals surface area contributed by atoms with Crippen LogP contribution in [-0.4, -0.2) is 22.6 Å². The number of benzene rings is 1. The Morgan fingerprint density at radius 1 is 1.37 bits per heavy atom. The number of esters is 1. The van der Waals surface area contributed by atoms with Crippen LogP contribution in [0.1, 0.15) is 31.9 Å². The molecule has 1 rings (SSSR count). The molecule has 0 radical (unpaired) electrons. The number of hydrogen-bond donors (Lipinski definition) is 1. The molecule has 104 valence electrons. The molecule has 2 atom stereocenters. The molecule has 0 aliphatic carbocycles. The molecule has 0 aliphatic heterocycles. The van der Waals surface area contributed by atoms with Crippen LogP contribution in [0, 0.1) is 16.0 Å². The predicted octanol–water partition coefficient (Wildman–Crippen LogP) is 2.22. The van der Waals surface area contributed by atoms with E-state index in [4.69, 9.17) is 4.74 Å². The smallest absolute Gasteiger partial charge is 0.311 e. The van der Waals surface area contributed by atoms with Crippen LogP contribution in [0.15, 0.2) is 24.3 Å². The lowest BCUT2D eigenvalue weighted by molar-refractivity contribution is -0.384. The summed E-state index contributed by atoms with van der Waals surface area (Å²) in [5.74, 6) is -1.13. The summed E-state index contributed by atoms with van der Waals surface area (Å²) in [6, 6.07) is 5.50. The lowest BCUT2D eigenvalue weighted by Gasteiger charge is -2.20. The monoisotopic (exact) mass is 267 g/mol. The minimum absolute atomic E-state index is 0.0554. The Labute approximate surface area is 111 Å². The zero-order valence-corrected chi connectivity index (χ0v) is 10.9. The molecular weight excluding hydrogens is 250 g/mol. The molecule has 1 N–H and O–H groups in total. The first kappa shape index (κ1) is 15.1. The highest BCUT2D eigenvalue weighted by Gasteiger charge is 2.27. The van der Waals surface area contributed by atoms with Crippen LogP contribution < -0.4 is 0 Å². The van der Waals surface area contributed by atoms with Gasteiger partial charge in [0.15, 0.2) is 0 Å². The summed E-state index contributed by atoms with van der Waals surface area (Å²) in [5.41, 5.74) is 0.408. The fourth-order valence-electron chi connectivity index (χ4n) is 1.79. The molecule has 19 heavy (non-hydrogen) atoms. The molecule has 1 aromatic carbocycles. The van der Waals surface area contributed by atoms with E-state index in [0.29, 0.717) is 12.0 Å². The van der Waals surface area contributed by atoms with E-state index in [1.165, 1.54) is 24.3 Å². The molecule has 0 aliphatic rings. The Balaban J connectivity index is 2.88. The van der Waals surface area contributed by atoms with Gasteiger partial charge in [-0.15, -0.1) is 0 Å². The van der Waals surface area contributed by atoms with Gasteiger partial charge in [0.25, 0.3) is 5.69 Å². The molecule has 0 saturated carbocycles. The van der Waals surface area contributed by atoms with Crippen molar-refractivity contribution < 1.29 is 19.6 Å². The normalized spacial score (nSPS) is 13.6. The molecule has 0 spiro atoms. The van der Waals surface area contributed by atoms with E-state index < -0.39 is 22.9 Å². The average Bonchev–Trinajstić information content (AvgIpc) is 2.39. The van der Waals surface area contributed by atoms with E-state index in [9.17, 15) is 20.0 Å². The Hall–Kier alpha value is -1.95. The van der Waals surface area contributed by atoms with Crippen LogP contribution >= 0.6 is 0 Å². The second-order valence-corrected chi connectivity index (χ2v) is 4.06. The zero-order valence-electron chi connectivity index (χ0n) is 10.9. The average molecular weight is 267 g/mol. The largest absolute Gasteiger partial charge is 0.466 e. The van der Waals surface area contributed by atoms with Crippen LogP contribution in [0.4, 0.5) is 5.69 Å². The number of carbonyl (C=O) groups is 1. The van der Waals surface area contributed by atoms with Crippen molar-refractivity contribution in [3.05, 3.63) is 39.9 Å². The van der Waals surface area contributed by atoms with Crippen LogP contribution in [0.25, 0.3) is 0 Å². The second-order valence-electron chi connectivity index (χ2n) is 4.06. The van der Waals surface area contributed by atoms with Gasteiger partial charge in [-0.3, -0.25) is 14.9 Å². The van der Waals surface area contributed by atoms with Crippen molar-refractivity contribution >= 4 is 11.7 Å². The summed E-state index contributed by atoms with van der Waals surface area (Å²) in [6.07, 6.45) is -0.596. The highest BCUT2D eigenvalue weighted by molar-refractivity contribution is 5.73. The molecule has 0 saturated heterocycles. The first-order valence-electron chi connectivity index (χ1n) is 6.10. The van der Waals surface area contributed by atoms with E-state index in [-0.39, 0.29) is 12.3 Å². The first-order valence-corrected chi connectivity index (χ1v) is 6.10. The summed E-state index contributed by atoms with van der Waals surface area (Å²) in [5, 5.41) is 20.7. The van der Waals surface area contributed by atoms with Crippen molar-refractivity contribution in [1.29, 1.82) is 0 Å². The topological polar surface area (TPSA) is 89.7 Å². The number of nitrogens with zero attached hydrogens (tertiary/aromatic N) is 1. The van der Waals surface area contributed by atoms with Gasteiger partial charge in [0.2, 0.25) is 0 Å². The Kier molecular flexibility index (Phi) is 5.44. The minimum Gasteiger partial charge on any atom is -0.466 e. The molecule has 0 unspecified atom stereocenters. The van der Waals surface area contributed by atoms with Crippen molar-refractivity contribution in [2.24, 2.45) is 5.92 Å². The molecule has 0 amide bonds. The quantitative estimate of drug-likeness (QED) is 0.485. The highest BCUT2D eigenvalue weighted by Crippen LogP contribution is 2.27. The van der Waals surface area contributed by atoms with Gasteiger partial charge in [-0.2, -0.15) is 0 Å². The van der Waals surface area contributed by atoms with E-state index in [1.54, 1.807) is 13.8 Å². The van der Waals surface area contributed by atoms with E-state index in [2.05, 4.69) is 0 Å². The van der Waals surface area contributed by atoms with E-state index in [0.717, 1.165) is 0 Å². The summed E-state index contributed by atoms with van der Waals surface area (Å²) < 4.78 is 4.89. The number of ether oxygens (including phenoxy) is 1. The maximum atomic E-state index is 11.7. The number of carbonyl (C=O) groups excluding carboxylic acids is 1. The standard InChI is InChI=1S/C13H17NO5/c1-3-11(13(16)19-4-2)12(15)9-5-7-10(8-6-9)14(17)18/h5-8,11-12,15H,3-4H2,1-2H3/t11-,12-/m1/s1. The molecule has 1 aromatic rings. The van der Waals surface area contributed by atoms with Gasteiger partial charge < -0.3 is 9.84 Å². The van der Waals surface area contributed by atoms with Crippen molar-refractivity contribution in [2.45, 2.75) is 26.4 Å². The van der Waals surface area contributed by atoms with E-state index >= 15 is 0 Å². The van der Waals surface area contributed by atoms with Gasteiger partial charge in [-0.1, -0.05) is 6.92 Å². The minimum atomic E-state index is -1.02. The number of aliphatic hydroxyl groups excluding tert-OH is 1. The second kappa shape index (κ2) is 6.84. The molecule has 0 heterocycles. The van der Waals surface area contributed by atoms with Gasteiger partial charge in [0.1, 0.15) is 0 Å². The molecule has 0 bridgehead atoms. The molecule has 0 aromatic heterocycles. The van der Waals surface area contributed by atoms with Crippen molar-refractivity contribution in [2.75, 3.05) is 6.61 Å². The summed E-state index contributed by atoms with van der Waals surface area (Å²) in [6.45, 7) is 3.72. The molecular formula is C13H17NO5. The maximum Gasteiger partial charge on any atom is 0.311 e. The number of non-ortho nitro benzene ring substituents is 1. The molecule has 6 nitrogen and oxygen atoms in total. The fraction of sp³-hybridized carbons (Fsp3) is 0.462. The molecule has 6 heteroatoms. The summed E-state index contributed by atoms with van der Waals surface area (Å²) >= 11 is 0. The van der Waals surface area contributed by atoms with Crippen molar-refractivity contribution in [3.8, 4) is 0 Å². The third kappa shape index (κ3) is 3.75. The van der Waals surface area contributed by atoms with Crippen LogP contribution in [0.5, 0.6) is 0 Å². The number of aliphatic hydroxyl groups is 1. The molecule has 0 fully saturated rings. The number of hydrogen-bond acceptors (Lipinski definition) is 5. The zero-order chi connectivity index (χ0) is 14.4. The van der Waals surface area contributed by atoms with E-state index in [1.807, 2.05) is 0 Å². The third-order valence-corrected chi connectivity index (χ3v) is 2.86. The summed E-state index contributed by atoms with van der Waals surface area (Å²) in [7, 11) is 0. The SMILES string of the molecule is CCOC(=O)[C@H](CC)[C@H](O)c1ccc([N+](=O)[O-])cc1. The Bertz CT molecular complexity index is 443. The number of nitro groups is 1. The van der Waals surface area contributed by atoms with Gasteiger partial charge >= 0.3 is 5.97 Å². The maximum absolute atomic E-state index is 11.7. The van der Waals surface area contributed by atoms with Gasteiger partial charge in [0.05, 0.1) is 23.6 Å². The Morgan fingerprint density at radius 2 is 1.95 bits per heavy atom. The van der Waals surface area contributed by atoms with Gasteiger partial charge in [0, 0.05) is 12.1 Å². The first-order chi connectivity index (χ1) is 9.01. The van der Waals surface area contributed by atoms with Gasteiger partial charge in [-0.05, 0) is 31.0 Å². The highest BCUT2D eigenvalue weighted by atomic mass is 16.6. The van der Waals surface area contributed by atoms with Gasteiger partial charge in [-0.25, -0.2) is 0 Å². The van der Waals surface area contributed by atoms with Crippen LogP contribution in [-0.2, 0) is 9.53 Å².